The number of esters is 1. The van der Waals surface area contributed by atoms with E-state index in [-0.39, 0.29) is 12.4 Å². The van der Waals surface area contributed by atoms with E-state index in [1.54, 1.807) is 20.8 Å². The molecule has 1 amide bonds. The normalized spacial score (nSPS) is 12.4. The first kappa shape index (κ1) is 17.5. The molecular weight excluding hydrogens is 296 g/mol. The minimum absolute atomic E-state index is 0.129. The summed E-state index contributed by atoms with van der Waals surface area (Å²) in [6.45, 7) is 6.24. The first-order valence-electron chi connectivity index (χ1n) is 6.48. The number of carbonyl (C=O) groups is 2. The maximum atomic E-state index is 11.7. The standard InChI is InChI=1S/C13H18N2O7/c1-8(14-12(17)22-13(2,3)4)11(16)20-7-9-5-6-10(21-9)15(18)19/h5-6,8H,7H2,1-4H3,(H,14,17)/t8-/m0/s1. The maximum absolute atomic E-state index is 11.7. The molecule has 0 fully saturated rings. The Labute approximate surface area is 126 Å². The molecule has 0 saturated heterocycles. The highest BCUT2D eigenvalue weighted by Gasteiger charge is 2.22. The summed E-state index contributed by atoms with van der Waals surface area (Å²) in [6, 6.07) is 1.56. The Morgan fingerprint density at radius 3 is 2.55 bits per heavy atom. The third-order valence-corrected chi connectivity index (χ3v) is 2.27. The average molecular weight is 314 g/mol. The molecule has 0 spiro atoms. The van der Waals surface area contributed by atoms with Gasteiger partial charge in [-0.2, -0.15) is 0 Å². The van der Waals surface area contributed by atoms with E-state index >= 15 is 0 Å². The van der Waals surface area contributed by atoms with E-state index in [1.807, 2.05) is 0 Å². The SMILES string of the molecule is C[C@H](NC(=O)OC(C)(C)C)C(=O)OCc1ccc([N+](=O)[O-])o1. The number of rotatable bonds is 5. The van der Waals surface area contributed by atoms with Crippen molar-refractivity contribution in [3.05, 3.63) is 28.0 Å². The van der Waals surface area contributed by atoms with E-state index in [1.165, 1.54) is 13.0 Å². The predicted molar refractivity (Wildman–Crippen MR) is 74.0 cm³/mol. The van der Waals surface area contributed by atoms with Crippen LogP contribution in [-0.2, 0) is 20.9 Å². The summed E-state index contributed by atoms with van der Waals surface area (Å²) in [5, 5.41) is 12.8. The Balaban J connectivity index is 2.43. The van der Waals surface area contributed by atoms with Crippen LogP contribution < -0.4 is 5.32 Å². The third-order valence-electron chi connectivity index (χ3n) is 2.27. The van der Waals surface area contributed by atoms with Gasteiger partial charge in [-0.1, -0.05) is 0 Å². The van der Waals surface area contributed by atoms with Crippen LogP contribution in [0.3, 0.4) is 0 Å². The summed E-state index contributed by atoms with van der Waals surface area (Å²) in [5.41, 5.74) is -0.680. The fourth-order valence-corrected chi connectivity index (χ4v) is 1.35. The van der Waals surface area contributed by atoms with Crippen LogP contribution in [0.5, 0.6) is 0 Å². The Morgan fingerprint density at radius 2 is 2.05 bits per heavy atom. The van der Waals surface area contributed by atoms with Gasteiger partial charge in [0.2, 0.25) is 0 Å². The summed E-state index contributed by atoms with van der Waals surface area (Å²) in [7, 11) is 0. The van der Waals surface area contributed by atoms with Crippen LogP contribution in [-0.4, -0.2) is 28.6 Å². The van der Waals surface area contributed by atoms with Crippen LogP contribution in [0, 0.1) is 10.1 Å². The molecule has 0 bridgehead atoms. The van der Waals surface area contributed by atoms with Crippen LogP contribution in [0.25, 0.3) is 0 Å². The Morgan fingerprint density at radius 1 is 1.41 bits per heavy atom. The zero-order valence-electron chi connectivity index (χ0n) is 12.7. The Hall–Kier alpha value is -2.58. The third kappa shape index (κ3) is 5.81. The average Bonchev–Trinajstić information content (AvgIpc) is 2.82. The summed E-state index contributed by atoms with van der Waals surface area (Å²) in [5.74, 6) is -1.03. The van der Waals surface area contributed by atoms with Crippen LogP contribution in [0.4, 0.5) is 10.7 Å². The van der Waals surface area contributed by atoms with Crippen molar-refractivity contribution in [3.8, 4) is 0 Å². The lowest BCUT2D eigenvalue weighted by atomic mass is 10.2. The van der Waals surface area contributed by atoms with Gasteiger partial charge in [0.1, 0.15) is 28.9 Å². The molecule has 0 aliphatic rings. The van der Waals surface area contributed by atoms with Crippen LogP contribution in [0.1, 0.15) is 33.5 Å². The van der Waals surface area contributed by atoms with Crippen molar-refractivity contribution in [2.75, 3.05) is 0 Å². The van der Waals surface area contributed by atoms with Gasteiger partial charge in [0.05, 0.1) is 6.07 Å². The fourth-order valence-electron chi connectivity index (χ4n) is 1.35. The van der Waals surface area contributed by atoms with Gasteiger partial charge in [0.25, 0.3) is 0 Å². The van der Waals surface area contributed by atoms with Crippen molar-refractivity contribution < 1.29 is 28.4 Å². The van der Waals surface area contributed by atoms with E-state index < -0.39 is 34.5 Å². The van der Waals surface area contributed by atoms with Gasteiger partial charge >= 0.3 is 17.9 Å². The van der Waals surface area contributed by atoms with Crippen molar-refractivity contribution >= 4 is 17.9 Å². The van der Waals surface area contributed by atoms with E-state index in [0.717, 1.165) is 6.07 Å². The number of nitrogens with one attached hydrogen (secondary N) is 1. The predicted octanol–water partition coefficient (Wildman–Crippen LogP) is 2.14. The smallest absolute Gasteiger partial charge is 0.433 e. The van der Waals surface area contributed by atoms with Gasteiger partial charge < -0.3 is 19.2 Å². The lowest BCUT2D eigenvalue weighted by molar-refractivity contribution is -0.402. The van der Waals surface area contributed by atoms with Crippen molar-refractivity contribution in [1.29, 1.82) is 0 Å². The molecule has 9 nitrogen and oxygen atoms in total. The monoisotopic (exact) mass is 314 g/mol. The Bertz CT molecular complexity index is 559. The molecule has 1 aromatic rings. The van der Waals surface area contributed by atoms with E-state index in [9.17, 15) is 19.7 Å². The molecule has 9 heteroatoms. The molecule has 1 rings (SSSR count). The number of nitro groups is 1. The minimum Gasteiger partial charge on any atom is -0.456 e. The largest absolute Gasteiger partial charge is 0.456 e. The molecule has 22 heavy (non-hydrogen) atoms. The lowest BCUT2D eigenvalue weighted by Crippen LogP contribution is -2.42. The minimum atomic E-state index is -0.931. The zero-order chi connectivity index (χ0) is 16.9. The van der Waals surface area contributed by atoms with Crippen molar-refractivity contribution in [3.63, 3.8) is 0 Å². The number of furan rings is 1. The number of amides is 1. The number of hydrogen-bond acceptors (Lipinski definition) is 7. The summed E-state index contributed by atoms with van der Waals surface area (Å²) < 4.78 is 14.7. The molecule has 0 aromatic carbocycles. The quantitative estimate of drug-likeness (QED) is 0.502. The lowest BCUT2D eigenvalue weighted by Gasteiger charge is -2.21. The number of ether oxygens (including phenoxy) is 2. The number of nitrogens with zero attached hydrogens (tertiary/aromatic N) is 1. The highest BCUT2D eigenvalue weighted by atomic mass is 16.7. The highest BCUT2D eigenvalue weighted by molar-refractivity contribution is 5.80. The van der Waals surface area contributed by atoms with Crippen LogP contribution >= 0.6 is 0 Å². The number of alkyl carbamates (subject to hydrolysis) is 1. The number of carbonyl (C=O) groups excluding carboxylic acids is 2. The van der Waals surface area contributed by atoms with E-state index in [0.29, 0.717) is 0 Å². The molecule has 1 atom stereocenters. The van der Waals surface area contributed by atoms with Crippen LogP contribution in [0.2, 0.25) is 0 Å². The second-order valence-corrected chi connectivity index (χ2v) is 5.47. The molecule has 0 radical (unpaired) electrons. The van der Waals surface area contributed by atoms with E-state index in [4.69, 9.17) is 13.9 Å². The second-order valence-electron chi connectivity index (χ2n) is 5.47. The van der Waals surface area contributed by atoms with Gasteiger partial charge in [0, 0.05) is 0 Å². The molecule has 0 aliphatic carbocycles. The highest BCUT2D eigenvalue weighted by Crippen LogP contribution is 2.16. The maximum Gasteiger partial charge on any atom is 0.433 e. The second kappa shape index (κ2) is 6.92. The van der Waals surface area contributed by atoms with Gasteiger partial charge in [0.15, 0.2) is 0 Å². The van der Waals surface area contributed by atoms with Gasteiger partial charge in [-0.15, -0.1) is 0 Å². The zero-order valence-corrected chi connectivity index (χ0v) is 12.7. The first-order chi connectivity index (χ1) is 10.1. The van der Waals surface area contributed by atoms with Crippen molar-refractivity contribution in [2.45, 2.75) is 45.9 Å². The molecule has 1 heterocycles. The molecular formula is C13H18N2O7. The van der Waals surface area contributed by atoms with E-state index in [2.05, 4.69) is 5.32 Å². The number of hydrogen-bond donors (Lipinski definition) is 1. The summed E-state index contributed by atoms with van der Waals surface area (Å²) in [4.78, 5) is 32.9. The molecule has 0 aliphatic heterocycles. The summed E-state index contributed by atoms with van der Waals surface area (Å²) in [6.07, 6.45) is -0.745. The van der Waals surface area contributed by atoms with Crippen molar-refractivity contribution in [2.24, 2.45) is 0 Å². The topological polar surface area (TPSA) is 121 Å². The molecule has 122 valence electrons. The van der Waals surface area contributed by atoms with Gasteiger partial charge in [-0.25, -0.2) is 9.59 Å². The molecule has 0 saturated carbocycles. The fraction of sp³-hybridized carbons (Fsp3) is 0.538. The molecule has 1 N–H and O–H groups in total. The van der Waals surface area contributed by atoms with Crippen LogP contribution in [0.15, 0.2) is 16.5 Å². The molecule has 1 aromatic heterocycles. The van der Waals surface area contributed by atoms with Gasteiger partial charge in [-0.3, -0.25) is 10.1 Å². The molecule has 0 unspecified atom stereocenters. The Kier molecular flexibility index (Phi) is 5.50. The van der Waals surface area contributed by atoms with Gasteiger partial charge in [-0.05, 0) is 33.8 Å². The summed E-state index contributed by atoms with van der Waals surface area (Å²) >= 11 is 0. The first-order valence-corrected chi connectivity index (χ1v) is 6.48. The van der Waals surface area contributed by atoms with Crippen molar-refractivity contribution in [1.82, 2.24) is 5.32 Å².